The van der Waals surface area contributed by atoms with Crippen molar-refractivity contribution in [2.45, 2.75) is 12.5 Å². The first-order chi connectivity index (χ1) is 13.1. The minimum atomic E-state index is -1.12. The second-order valence-corrected chi connectivity index (χ2v) is 6.06. The quantitative estimate of drug-likeness (QED) is 0.563. The van der Waals surface area contributed by atoms with Gasteiger partial charge in [-0.15, -0.1) is 0 Å². The van der Waals surface area contributed by atoms with Crippen molar-refractivity contribution in [1.82, 2.24) is 24.0 Å². The number of benzene rings is 1. The van der Waals surface area contributed by atoms with Crippen LogP contribution in [0.15, 0.2) is 49.1 Å². The highest BCUT2D eigenvalue weighted by molar-refractivity contribution is 6.99. The van der Waals surface area contributed by atoms with Crippen molar-refractivity contribution in [3.8, 4) is 11.3 Å². The summed E-state index contributed by atoms with van der Waals surface area (Å²) < 4.78 is 8.08. The van der Waals surface area contributed by atoms with Gasteiger partial charge in [0.05, 0.1) is 11.7 Å². The van der Waals surface area contributed by atoms with Gasteiger partial charge in [0, 0.05) is 24.4 Å². The third-order valence-electron chi connectivity index (χ3n) is 3.68. The Morgan fingerprint density at radius 2 is 1.78 bits per heavy atom. The fourth-order valence-corrected chi connectivity index (χ4v) is 2.97. The van der Waals surface area contributed by atoms with E-state index in [4.69, 9.17) is 5.73 Å². The molecule has 1 aromatic carbocycles. The molecule has 0 aliphatic carbocycles. The van der Waals surface area contributed by atoms with Crippen LogP contribution in [0.5, 0.6) is 0 Å². The molecule has 9 nitrogen and oxygen atoms in total. The molecule has 3 N–H and O–H groups in total. The lowest BCUT2D eigenvalue weighted by atomic mass is 10.0. The summed E-state index contributed by atoms with van der Waals surface area (Å²) >= 11 is 0.842. The van der Waals surface area contributed by atoms with E-state index in [1.165, 1.54) is 18.7 Å². The maximum atomic E-state index is 12.7. The van der Waals surface area contributed by atoms with Crippen molar-refractivity contribution in [3.05, 3.63) is 60.3 Å². The van der Waals surface area contributed by atoms with E-state index in [1.807, 2.05) is 6.07 Å². The fourth-order valence-electron chi connectivity index (χ4n) is 2.41. The van der Waals surface area contributed by atoms with Crippen LogP contribution in [-0.4, -0.2) is 42.4 Å². The van der Waals surface area contributed by atoms with E-state index >= 15 is 0 Å². The molecule has 3 aromatic rings. The number of hydrogen-bond donors (Lipinski definition) is 2. The molecule has 1 atom stereocenters. The molecule has 0 bridgehead atoms. The lowest BCUT2D eigenvalue weighted by Gasteiger charge is -2.16. The maximum absolute atomic E-state index is 12.7. The number of Topliss-reactive ketones (excluding diaryl/α,β-unsaturated/α-hetero) is 1. The molecule has 2 aromatic heterocycles. The fraction of sp³-hybridized carbons (Fsp3) is 0.118. The van der Waals surface area contributed by atoms with Crippen molar-refractivity contribution >= 4 is 29.3 Å². The van der Waals surface area contributed by atoms with Gasteiger partial charge in [-0.05, 0) is 5.56 Å². The standard InChI is InChI=1S/C17H14N6O3S/c18-16(25)15(24)12(6-10-4-2-1-3-5-10)21-17(26)14-13(22-27-23-14)11-7-19-9-20-8-11/h1-5,7-9,12H,6H2,(H2,18,25)(H,21,26). The first kappa shape index (κ1) is 18.3. The second kappa shape index (κ2) is 8.23. The van der Waals surface area contributed by atoms with E-state index < -0.39 is 23.6 Å². The number of amides is 2. The number of nitrogens with zero attached hydrogens (tertiary/aromatic N) is 4. The Bertz CT molecular complexity index is 961. The van der Waals surface area contributed by atoms with Crippen molar-refractivity contribution in [2.24, 2.45) is 5.73 Å². The zero-order valence-corrected chi connectivity index (χ0v) is 14.7. The Morgan fingerprint density at radius 3 is 2.44 bits per heavy atom. The molecule has 136 valence electrons. The van der Waals surface area contributed by atoms with E-state index in [-0.39, 0.29) is 12.1 Å². The Kier molecular flexibility index (Phi) is 5.57. The van der Waals surface area contributed by atoms with Crippen LogP contribution in [0, 0.1) is 0 Å². The van der Waals surface area contributed by atoms with E-state index in [2.05, 4.69) is 24.0 Å². The molecular formula is C17H14N6O3S. The van der Waals surface area contributed by atoms with Gasteiger partial charge in [0.15, 0.2) is 5.69 Å². The summed E-state index contributed by atoms with van der Waals surface area (Å²) in [7, 11) is 0. The molecule has 0 radical (unpaired) electrons. The third-order valence-corrected chi connectivity index (χ3v) is 4.21. The average molecular weight is 382 g/mol. The molecule has 10 heteroatoms. The minimum Gasteiger partial charge on any atom is -0.363 e. The lowest BCUT2D eigenvalue weighted by molar-refractivity contribution is -0.137. The molecule has 0 aliphatic rings. The van der Waals surface area contributed by atoms with Crippen LogP contribution in [-0.2, 0) is 16.0 Å². The highest BCUT2D eigenvalue weighted by atomic mass is 32.1. The number of primary amides is 1. The summed E-state index contributed by atoms with van der Waals surface area (Å²) in [5.74, 6) is -2.65. The average Bonchev–Trinajstić information content (AvgIpc) is 3.18. The number of carbonyl (C=O) groups excluding carboxylic acids is 3. The predicted octanol–water partition coefficient (Wildman–Crippen LogP) is 0.391. The number of nitrogens with one attached hydrogen (secondary N) is 1. The van der Waals surface area contributed by atoms with Crippen molar-refractivity contribution in [3.63, 3.8) is 0 Å². The van der Waals surface area contributed by atoms with Gasteiger partial charge in [-0.1, -0.05) is 30.3 Å². The molecule has 2 amide bonds. The van der Waals surface area contributed by atoms with E-state index in [1.54, 1.807) is 24.3 Å². The number of aromatic nitrogens is 4. The molecular weight excluding hydrogens is 368 g/mol. The van der Waals surface area contributed by atoms with Crippen molar-refractivity contribution in [1.29, 1.82) is 0 Å². The maximum Gasteiger partial charge on any atom is 0.287 e. The largest absolute Gasteiger partial charge is 0.363 e. The van der Waals surface area contributed by atoms with Crippen LogP contribution >= 0.6 is 11.7 Å². The van der Waals surface area contributed by atoms with Gasteiger partial charge < -0.3 is 11.1 Å². The first-order valence-corrected chi connectivity index (χ1v) is 8.55. The van der Waals surface area contributed by atoms with Crippen LogP contribution in [0.3, 0.4) is 0 Å². The van der Waals surface area contributed by atoms with Crippen LogP contribution in [0.25, 0.3) is 11.3 Å². The summed E-state index contributed by atoms with van der Waals surface area (Å²) in [6.45, 7) is 0. The minimum absolute atomic E-state index is 0.0186. The molecule has 0 saturated carbocycles. The van der Waals surface area contributed by atoms with Gasteiger partial charge in [0.1, 0.15) is 18.1 Å². The molecule has 0 fully saturated rings. The molecule has 0 spiro atoms. The van der Waals surface area contributed by atoms with Gasteiger partial charge in [-0.2, -0.15) is 8.75 Å². The summed E-state index contributed by atoms with van der Waals surface area (Å²) in [5, 5.41) is 2.53. The molecule has 3 rings (SSSR count). The van der Waals surface area contributed by atoms with E-state index in [9.17, 15) is 14.4 Å². The van der Waals surface area contributed by atoms with Gasteiger partial charge in [-0.25, -0.2) is 9.97 Å². The Balaban J connectivity index is 1.84. The highest BCUT2D eigenvalue weighted by Gasteiger charge is 2.28. The molecule has 0 aliphatic heterocycles. The normalized spacial score (nSPS) is 11.6. The van der Waals surface area contributed by atoms with Crippen LogP contribution in [0.2, 0.25) is 0 Å². The molecule has 2 heterocycles. The van der Waals surface area contributed by atoms with Gasteiger partial charge >= 0.3 is 0 Å². The van der Waals surface area contributed by atoms with Crippen LogP contribution < -0.4 is 11.1 Å². The zero-order valence-electron chi connectivity index (χ0n) is 13.9. The van der Waals surface area contributed by atoms with Crippen molar-refractivity contribution in [2.75, 3.05) is 0 Å². The summed E-state index contributed by atoms with van der Waals surface area (Å²) in [4.78, 5) is 44.0. The van der Waals surface area contributed by atoms with Gasteiger partial charge in [-0.3, -0.25) is 14.4 Å². The predicted molar refractivity (Wildman–Crippen MR) is 96.5 cm³/mol. The smallest absolute Gasteiger partial charge is 0.287 e. The molecule has 27 heavy (non-hydrogen) atoms. The monoisotopic (exact) mass is 382 g/mol. The molecule has 0 saturated heterocycles. The number of nitrogens with two attached hydrogens (primary N) is 1. The number of ketones is 1. The SMILES string of the molecule is NC(=O)C(=O)C(Cc1ccccc1)NC(=O)c1nsnc1-c1cncnc1. The van der Waals surface area contributed by atoms with Crippen LogP contribution in [0.1, 0.15) is 16.1 Å². The lowest BCUT2D eigenvalue weighted by Crippen LogP contribution is -2.47. The summed E-state index contributed by atoms with van der Waals surface area (Å²) in [6, 6.07) is 7.86. The number of carbonyl (C=O) groups is 3. The Morgan fingerprint density at radius 1 is 1.07 bits per heavy atom. The van der Waals surface area contributed by atoms with Crippen molar-refractivity contribution < 1.29 is 14.4 Å². The Labute approximate surface area is 158 Å². The summed E-state index contributed by atoms with van der Waals surface area (Å²) in [5.41, 5.74) is 6.72. The third kappa shape index (κ3) is 4.36. The first-order valence-electron chi connectivity index (χ1n) is 7.82. The van der Waals surface area contributed by atoms with Gasteiger partial charge in [0.25, 0.3) is 11.8 Å². The van der Waals surface area contributed by atoms with Crippen LogP contribution in [0.4, 0.5) is 0 Å². The number of rotatable bonds is 7. The summed E-state index contributed by atoms with van der Waals surface area (Å²) in [6.07, 6.45) is 4.47. The molecule has 1 unspecified atom stereocenters. The highest BCUT2D eigenvalue weighted by Crippen LogP contribution is 2.20. The Hall–Kier alpha value is -3.53. The van der Waals surface area contributed by atoms with E-state index in [0.29, 0.717) is 11.3 Å². The topological polar surface area (TPSA) is 141 Å². The number of hydrogen-bond acceptors (Lipinski definition) is 8. The van der Waals surface area contributed by atoms with Gasteiger partial charge in [0.2, 0.25) is 5.78 Å². The second-order valence-electron chi connectivity index (χ2n) is 5.53. The zero-order chi connectivity index (χ0) is 19.2. The van der Waals surface area contributed by atoms with E-state index in [0.717, 1.165) is 17.3 Å².